The average molecular weight is 381 g/mol. The third kappa shape index (κ3) is 3.06. The summed E-state index contributed by atoms with van der Waals surface area (Å²) in [6, 6.07) is 7.81. The number of methoxy groups -OCH3 is 1. The van der Waals surface area contributed by atoms with Crippen molar-refractivity contribution in [2.75, 3.05) is 20.2 Å². The minimum absolute atomic E-state index is 0.0979. The van der Waals surface area contributed by atoms with Crippen molar-refractivity contribution in [1.29, 1.82) is 0 Å². The monoisotopic (exact) mass is 380 g/mol. The van der Waals surface area contributed by atoms with Gasteiger partial charge in [-0.1, -0.05) is 25.3 Å². The molecule has 1 aromatic heterocycles. The van der Waals surface area contributed by atoms with E-state index in [1.165, 1.54) is 75.1 Å². The summed E-state index contributed by atoms with van der Waals surface area (Å²) in [4.78, 5) is 14.2. The summed E-state index contributed by atoms with van der Waals surface area (Å²) in [6.45, 7) is 2.88. The van der Waals surface area contributed by atoms with Crippen LogP contribution in [0.1, 0.15) is 80.1 Å². The Kier molecular flexibility index (Phi) is 4.92. The van der Waals surface area contributed by atoms with Crippen LogP contribution in [0.4, 0.5) is 0 Å². The highest BCUT2D eigenvalue weighted by atomic mass is 16.5. The van der Waals surface area contributed by atoms with Crippen molar-refractivity contribution in [3.8, 4) is 0 Å². The van der Waals surface area contributed by atoms with Crippen LogP contribution < -0.4 is 0 Å². The predicted molar refractivity (Wildman–Crippen MR) is 112 cm³/mol. The Balaban J connectivity index is 1.50. The second-order valence-electron chi connectivity index (χ2n) is 8.90. The van der Waals surface area contributed by atoms with Crippen LogP contribution in [0, 0.1) is 0 Å². The number of hydrogen-bond acceptors (Lipinski definition) is 3. The van der Waals surface area contributed by atoms with Crippen molar-refractivity contribution in [1.82, 2.24) is 9.47 Å². The summed E-state index contributed by atoms with van der Waals surface area (Å²) in [5.74, 6) is 0.664. The van der Waals surface area contributed by atoms with Gasteiger partial charge >= 0.3 is 5.97 Å². The molecule has 4 heteroatoms. The number of nitrogens with zero attached hydrogens (tertiary/aromatic N) is 2. The molecular weight excluding hydrogens is 348 g/mol. The quantitative estimate of drug-likeness (QED) is 0.704. The van der Waals surface area contributed by atoms with E-state index in [4.69, 9.17) is 4.74 Å². The summed E-state index contributed by atoms with van der Waals surface area (Å²) >= 11 is 0. The van der Waals surface area contributed by atoms with Gasteiger partial charge in [0.2, 0.25) is 0 Å². The second kappa shape index (κ2) is 7.55. The van der Waals surface area contributed by atoms with Gasteiger partial charge in [-0.3, -0.25) is 9.69 Å². The molecule has 0 N–H and O–H groups in total. The first-order chi connectivity index (χ1) is 13.8. The lowest BCUT2D eigenvalue weighted by Gasteiger charge is -2.39. The normalized spacial score (nSPS) is 23.0. The Labute approximate surface area is 167 Å². The van der Waals surface area contributed by atoms with E-state index < -0.39 is 0 Å². The molecular formula is C24H32N2O2. The van der Waals surface area contributed by atoms with Gasteiger partial charge in [-0.2, -0.15) is 0 Å². The highest BCUT2D eigenvalue weighted by Gasteiger charge is 2.35. The van der Waals surface area contributed by atoms with Crippen LogP contribution in [0.2, 0.25) is 0 Å². The number of ether oxygens (including phenoxy) is 1. The predicted octanol–water partition coefficient (Wildman–Crippen LogP) is 4.95. The van der Waals surface area contributed by atoms with Gasteiger partial charge in [0.15, 0.2) is 0 Å². The highest BCUT2D eigenvalue weighted by molar-refractivity contribution is 5.87. The largest absolute Gasteiger partial charge is 0.469 e. The maximum atomic E-state index is 11.7. The number of hydrogen-bond donors (Lipinski definition) is 0. The van der Waals surface area contributed by atoms with E-state index in [9.17, 15) is 4.79 Å². The number of fused-ring (bicyclic) bond motifs is 3. The number of benzene rings is 1. The van der Waals surface area contributed by atoms with Crippen molar-refractivity contribution in [3.63, 3.8) is 0 Å². The van der Waals surface area contributed by atoms with Crippen molar-refractivity contribution in [3.05, 3.63) is 35.0 Å². The summed E-state index contributed by atoms with van der Waals surface area (Å²) in [5, 5.41) is 1.51. The summed E-state index contributed by atoms with van der Waals surface area (Å²) in [5.41, 5.74) is 6.13. The lowest BCUT2D eigenvalue weighted by Crippen LogP contribution is -2.40. The molecule has 0 amide bonds. The maximum Gasteiger partial charge on any atom is 0.306 e. The van der Waals surface area contributed by atoms with E-state index in [0.717, 1.165) is 25.6 Å². The fourth-order valence-electron chi connectivity index (χ4n) is 5.99. The van der Waals surface area contributed by atoms with Crippen LogP contribution in [0.15, 0.2) is 18.2 Å². The number of rotatable bonds is 4. The van der Waals surface area contributed by atoms with Crippen LogP contribution in [-0.4, -0.2) is 35.6 Å². The van der Waals surface area contributed by atoms with E-state index in [-0.39, 0.29) is 5.97 Å². The molecule has 5 rings (SSSR count). The van der Waals surface area contributed by atoms with Gasteiger partial charge in [0.1, 0.15) is 0 Å². The van der Waals surface area contributed by atoms with Crippen LogP contribution >= 0.6 is 0 Å². The molecule has 4 nitrogen and oxygen atoms in total. The van der Waals surface area contributed by atoms with Gasteiger partial charge < -0.3 is 9.30 Å². The first kappa shape index (κ1) is 18.2. The smallest absolute Gasteiger partial charge is 0.306 e. The number of aromatic nitrogens is 1. The molecule has 1 atom stereocenters. The third-order valence-electron chi connectivity index (χ3n) is 7.42. The zero-order valence-electron chi connectivity index (χ0n) is 17.1. The minimum atomic E-state index is -0.0979. The Morgan fingerprint density at radius 2 is 1.96 bits per heavy atom. The first-order valence-corrected chi connectivity index (χ1v) is 11.2. The number of esters is 1. The topological polar surface area (TPSA) is 34.5 Å². The first-order valence-electron chi connectivity index (χ1n) is 11.2. The fraction of sp³-hybridized carbons (Fsp3) is 0.625. The number of carbonyl (C=O) groups excluding carboxylic acids is 1. The molecule has 1 aromatic carbocycles. The van der Waals surface area contributed by atoms with E-state index in [0.29, 0.717) is 12.5 Å². The highest BCUT2D eigenvalue weighted by Crippen LogP contribution is 2.44. The summed E-state index contributed by atoms with van der Waals surface area (Å²) in [6.07, 6.45) is 11.1. The zero-order chi connectivity index (χ0) is 19.1. The molecule has 150 valence electrons. The summed E-state index contributed by atoms with van der Waals surface area (Å²) < 4.78 is 7.46. The Morgan fingerprint density at radius 3 is 2.79 bits per heavy atom. The maximum absolute atomic E-state index is 11.7. The molecule has 1 aliphatic heterocycles. The van der Waals surface area contributed by atoms with E-state index in [2.05, 4.69) is 27.7 Å². The van der Waals surface area contributed by atoms with E-state index >= 15 is 0 Å². The third-order valence-corrected chi connectivity index (χ3v) is 7.42. The molecule has 1 unspecified atom stereocenters. The Bertz CT molecular complexity index is 878. The lowest BCUT2D eigenvalue weighted by atomic mass is 9.83. The van der Waals surface area contributed by atoms with Gasteiger partial charge in [0.05, 0.1) is 19.6 Å². The second-order valence-corrected chi connectivity index (χ2v) is 8.90. The fourth-order valence-corrected chi connectivity index (χ4v) is 5.99. The Hall–Kier alpha value is -1.81. The van der Waals surface area contributed by atoms with Crippen LogP contribution in [0.3, 0.4) is 0 Å². The zero-order valence-corrected chi connectivity index (χ0v) is 17.1. The van der Waals surface area contributed by atoms with Crippen molar-refractivity contribution >= 4 is 16.9 Å². The molecule has 1 saturated carbocycles. The molecule has 0 saturated heterocycles. The van der Waals surface area contributed by atoms with Gasteiger partial charge in [-0.05, 0) is 61.3 Å². The van der Waals surface area contributed by atoms with Crippen molar-refractivity contribution in [2.24, 2.45) is 0 Å². The molecule has 1 fully saturated rings. The number of aryl methyl sites for hydroxylation is 1. The standard InChI is InChI=1S/C24H32N2O2/c1-28-23(27)12-13-25-14-15-26-21-11-10-18(17-6-3-2-4-7-17)16-20(21)19-8-5-9-22(25)24(19)26/h10-11,16-17,22H,2-9,12-15H2,1H3. The van der Waals surface area contributed by atoms with Gasteiger partial charge in [-0.15, -0.1) is 0 Å². The van der Waals surface area contributed by atoms with E-state index in [1.54, 1.807) is 11.1 Å². The molecule has 2 aromatic rings. The van der Waals surface area contributed by atoms with Gasteiger partial charge in [0.25, 0.3) is 0 Å². The van der Waals surface area contributed by atoms with Crippen molar-refractivity contribution < 1.29 is 9.53 Å². The average Bonchev–Trinajstić information content (AvgIpc) is 3.08. The molecule has 2 aliphatic carbocycles. The Morgan fingerprint density at radius 1 is 1.11 bits per heavy atom. The van der Waals surface area contributed by atoms with Crippen LogP contribution in [0.5, 0.6) is 0 Å². The van der Waals surface area contributed by atoms with Gasteiger partial charge in [0, 0.05) is 36.2 Å². The van der Waals surface area contributed by atoms with Gasteiger partial charge in [-0.25, -0.2) is 0 Å². The SMILES string of the molecule is COC(=O)CCN1CCn2c3c(c4cc(C5CCCCC5)ccc42)CCCC31. The van der Waals surface area contributed by atoms with E-state index in [1.807, 2.05) is 0 Å². The molecule has 0 spiro atoms. The molecule has 2 heterocycles. The molecule has 28 heavy (non-hydrogen) atoms. The van der Waals surface area contributed by atoms with Crippen LogP contribution in [-0.2, 0) is 22.5 Å². The summed E-state index contributed by atoms with van der Waals surface area (Å²) in [7, 11) is 1.49. The van der Waals surface area contributed by atoms with Crippen LogP contribution in [0.25, 0.3) is 10.9 Å². The number of carbonyl (C=O) groups is 1. The minimum Gasteiger partial charge on any atom is -0.469 e. The molecule has 3 aliphatic rings. The molecule has 0 radical (unpaired) electrons. The van der Waals surface area contributed by atoms with Crippen molar-refractivity contribution in [2.45, 2.75) is 76.3 Å². The lowest BCUT2D eigenvalue weighted by molar-refractivity contribution is -0.141. The molecule has 0 bridgehead atoms.